The summed E-state index contributed by atoms with van der Waals surface area (Å²) in [6, 6.07) is 5.27. The lowest BCUT2D eigenvalue weighted by Crippen LogP contribution is -2.39. The Labute approximate surface area is 113 Å². The Bertz CT molecular complexity index is 497. The second kappa shape index (κ2) is 5.78. The molecule has 0 aromatic heterocycles. The molecule has 1 aromatic rings. The zero-order valence-corrected chi connectivity index (χ0v) is 11.2. The van der Waals surface area contributed by atoms with E-state index in [0.717, 1.165) is 36.0 Å². The quantitative estimate of drug-likeness (QED) is 0.732. The van der Waals surface area contributed by atoms with Crippen LogP contribution >= 0.6 is 0 Å². The molecule has 0 heterocycles. The Morgan fingerprint density at radius 3 is 3.05 bits per heavy atom. The molecule has 3 N–H and O–H groups in total. The molecular weight excluding hydrogens is 240 g/mol. The van der Waals surface area contributed by atoms with Gasteiger partial charge in [-0.15, -0.1) is 0 Å². The molecule has 0 saturated carbocycles. The third-order valence-electron chi connectivity index (χ3n) is 3.34. The molecule has 2 amide bonds. The van der Waals surface area contributed by atoms with Crippen LogP contribution in [0, 0.1) is 0 Å². The molecule has 0 radical (unpaired) electrons. The van der Waals surface area contributed by atoms with E-state index in [-0.39, 0.29) is 12.1 Å². The zero-order chi connectivity index (χ0) is 13.8. The SMILES string of the molecule is C=C(C)CNC(=O)NC1CCCc2c(O)cccc21. The van der Waals surface area contributed by atoms with Crippen LogP contribution in [0.1, 0.15) is 36.9 Å². The normalized spacial score (nSPS) is 17.4. The average Bonchev–Trinajstić information content (AvgIpc) is 2.38. The molecule has 1 atom stereocenters. The summed E-state index contributed by atoms with van der Waals surface area (Å²) in [6.07, 6.45) is 2.74. The largest absolute Gasteiger partial charge is 0.508 e. The highest BCUT2D eigenvalue weighted by Gasteiger charge is 2.23. The van der Waals surface area contributed by atoms with Crippen LogP contribution in [-0.4, -0.2) is 17.7 Å². The van der Waals surface area contributed by atoms with Crippen molar-refractivity contribution in [2.45, 2.75) is 32.2 Å². The van der Waals surface area contributed by atoms with E-state index in [4.69, 9.17) is 0 Å². The monoisotopic (exact) mass is 260 g/mol. The van der Waals surface area contributed by atoms with Gasteiger partial charge < -0.3 is 15.7 Å². The molecule has 1 aliphatic rings. The van der Waals surface area contributed by atoms with Crippen molar-refractivity contribution < 1.29 is 9.90 Å². The number of phenolic OH excluding ortho intramolecular Hbond substituents is 1. The van der Waals surface area contributed by atoms with Crippen LogP contribution in [0.3, 0.4) is 0 Å². The lowest BCUT2D eigenvalue weighted by Gasteiger charge is -2.27. The van der Waals surface area contributed by atoms with Crippen LogP contribution in [0.25, 0.3) is 0 Å². The van der Waals surface area contributed by atoms with E-state index in [0.29, 0.717) is 12.3 Å². The van der Waals surface area contributed by atoms with Crippen LogP contribution in [0.5, 0.6) is 5.75 Å². The number of fused-ring (bicyclic) bond motifs is 1. The van der Waals surface area contributed by atoms with Crippen molar-refractivity contribution in [2.24, 2.45) is 0 Å². The van der Waals surface area contributed by atoms with E-state index in [2.05, 4.69) is 17.2 Å². The minimum atomic E-state index is -0.191. The molecule has 0 fully saturated rings. The molecule has 4 nitrogen and oxygen atoms in total. The second-order valence-electron chi connectivity index (χ2n) is 5.07. The zero-order valence-electron chi connectivity index (χ0n) is 11.2. The first-order valence-electron chi connectivity index (χ1n) is 6.57. The van der Waals surface area contributed by atoms with Gasteiger partial charge in [-0.3, -0.25) is 0 Å². The smallest absolute Gasteiger partial charge is 0.315 e. The number of carbonyl (C=O) groups excluding carboxylic acids is 1. The van der Waals surface area contributed by atoms with E-state index in [1.165, 1.54) is 0 Å². The third kappa shape index (κ3) is 3.28. The number of phenols is 1. The molecule has 2 rings (SSSR count). The molecule has 19 heavy (non-hydrogen) atoms. The van der Waals surface area contributed by atoms with E-state index >= 15 is 0 Å². The number of nitrogens with one attached hydrogen (secondary N) is 2. The van der Waals surface area contributed by atoms with Crippen molar-refractivity contribution in [3.05, 3.63) is 41.5 Å². The molecule has 0 saturated heterocycles. The maximum Gasteiger partial charge on any atom is 0.315 e. The lowest BCUT2D eigenvalue weighted by molar-refractivity contribution is 0.236. The van der Waals surface area contributed by atoms with Crippen molar-refractivity contribution >= 4 is 6.03 Å². The molecule has 0 aliphatic heterocycles. The van der Waals surface area contributed by atoms with Crippen LogP contribution < -0.4 is 10.6 Å². The summed E-state index contributed by atoms with van der Waals surface area (Å²) >= 11 is 0. The van der Waals surface area contributed by atoms with Gasteiger partial charge in [0.2, 0.25) is 0 Å². The molecule has 1 aromatic carbocycles. The number of hydrogen-bond donors (Lipinski definition) is 3. The Kier molecular flexibility index (Phi) is 4.10. The van der Waals surface area contributed by atoms with Gasteiger partial charge in [0.05, 0.1) is 6.04 Å². The standard InChI is InChI=1S/C15H20N2O2/c1-10(2)9-16-15(19)17-13-7-3-6-12-11(13)5-4-8-14(12)18/h4-5,8,13,18H,1,3,6-7,9H2,2H3,(H2,16,17,19). The van der Waals surface area contributed by atoms with Crippen molar-refractivity contribution in [2.75, 3.05) is 6.54 Å². The van der Waals surface area contributed by atoms with Crippen LogP contribution in [0.4, 0.5) is 4.79 Å². The predicted octanol–water partition coefficient (Wildman–Crippen LogP) is 2.64. The van der Waals surface area contributed by atoms with Gasteiger partial charge >= 0.3 is 6.03 Å². The van der Waals surface area contributed by atoms with Gasteiger partial charge in [0.1, 0.15) is 5.75 Å². The van der Waals surface area contributed by atoms with Crippen molar-refractivity contribution in [3.8, 4) is 5.75 Å². The summed E-state index contributed by atoms with van der Waals surface area (Å²) in [7, 11) is 0. The molecule has 0 bridgehead atoms. The summed E-state index contributed by atoms with van der Waals surface area (Å²) in [4.78, 5) is 11.8. The topological polar surface area (TPSA) is 61.4 Å². The fourth-order valence-electron chi connectivity index (χ4n) is 2.42. The Morgan fingerprint density at radius 2 is 2.32 bits per heavy atom. The van der Waals surface area contributed by atoms with E-state index in [9.17, 15) is 9.90 Å². The molecule has 1 aliphatic carbocycles. The molecule has 0 spiro atoms. The van der Waals surface area contributed by atoms with Crippen LogP contribution in [-0.2, 0) is 6.42 Å². The Morgan fingerprint density at radius 1 is 1.53 bits per heavy atom. The molecular formula is C15H20N2O2. The maximum absolute atomic E-state index is 11.8. The second-order valence-corrected chi connectivity index (χ2v) is 5.07. The van der Waals surface area contributed by atoms with Gasteiger partial charge in [-0.2, -0.15) is 0 Å². The van der Waals surface area contributed by atoms with Gasteiger partial charge in [-0.1, -0.05) is 24.3 Å². The highest BCUT2D eigenvalue weighted by atomic mass is 16.3. The number of aromatic hydroxyl groups is 1. The highest BCUT2D eigenvalue weighted by molar-refractivity contribution is 5.74. The average molecular weight is 260 g/mol. The van der Waals surface area contributed by atoms with Gasteiger partial charge in [0, 0.05) is 6.54 Å². The highest BCUT2D eigenvalue weighted by Crippen LogP contribution is 2.34. The van der Waals surface area contributed by atoms with Crippen LogP contribution in [0.2, 0.25) is 0 Å². The van der Waals surface area contributed by atoms with E-state index in [1.807, 2.05) is 19.1 Å². The minimum absolute atomic E-state index is 0.0269. The number of hydrogen-bond acceptors (Lipinski definition) is 2. The summed E-state index contributed by atoms with van der Waals surface area (Å²) in [5, 5.41) is 15.6. The first-order valence-corrected chi connectivity index (χ1v) is 6.57. The fourth-order valence-corrected chi connectivity index (χ4v) is 2.42. The number of rotatable bonds is 3. The summed E-state index contributed by atoms with van der Waals surface area (Å²) in [5.74, 6) is 0.325. The van der Waals surface area contributed by atoms with Crippen molar-refractivity contribution in [1.82, 2.24) is 10.6 Å². The van der Waals surface area contributed by atoms with Crippen molar-refractivity contribution in [3.63, 3.8) is 0 Å². The number of urea groups is 1. The summed E-state index contributed by atoms with van der Waals surface area (Å²) < 4.78 is 0. The maximum atomic E-state index is 11.8. The summed E-state index contributed by atoms with van der Waals surface area (Å²) in [6.45, 7) is 6.09. The number of benzene rings is 1. The van der Waals surface area contributed by atoms with Crippen LogP contribution in [0.15, 0.2) is 30.4 Å². The van der Waals surface area contributed by atoms with E-state index in [1.54, 1.807) is 6.07 Å². The minimum Gasteiger partial charge on any atom is -0.508 e. The number of carbonyl (C=O) groups is 1. The molecule has 4 heteroatoms. The number of amides is 2. The first kappa shape index (κ1) is 13.5. The van der Waals surface area contributed by atoms with Gasteiger partial charge in [0.15, 0.2) is 0 Å². The predicted molar refractivity (Wildman–Crippen MR) is 75.1 cm³/mol. The van der Waals surface area contributed by atoms with Gasteiger partial charge in [-0.25, -0.2) is 4.79 Å². The third-order valence-corrected chi connectivity index (χ3v) is 3.34. The molecule has 102 valence electrons. The van der Waals surface area contributed by atoms with Crippen molar-refractivity contribution in [1.29, 1.82) is 0 Å². The van der Waals surface area contributed by atoms with Gasteiger partial charge in [0.25, 0.3) is 0 Å². The Balaban J connectivity index is 2.05. The Hall–Kier alpha value is -1.97. The van der Waals surface area contributed by atoms with E-state index < -0.39 is 0 Å². The fraction of sp³-hybridized carbons (Fsp3) is 0.400. The van der Waals surface area contributed by atoms with Gasteiger partial charge in [-0.05, 0) is 43.4 Å². The lowest BCUT2D eigenvalue weighted by atomic mass is 9.87. The molecule has 1 unspecified atom stereocenters. The summed E-state index contributed by atoms with van der Waals surface area (Å²) in [5.41, 5.74) is 2.90. The first-order chi connectivity index (χ1) is 9.08.